The monoisotopic (exact) mass is 750 g/mol. The standard InChI is InChI=1S/C45H68N2O7/c1-5-6-26-7-10-29-25(2)38(54-34(29)11-8-26)39(51)41(4,52)35-14-16-45(53)36-20-31(48)30-19-32(49)33(50)22-43(30)24-42(28-9-12-37(46)47-23-28)15-13-27(21-40(35,45)3)44(36,43)18-17-42/h13,15,17-18,20,25-30,32-35,37-39,47,49-53H,5-12,14,16,19,21-24,46H2,1-4H3/p+1/t25-,26-,27?,28?,29+,30-,32+,33-,34+,35+,37?,38+,39+,40+,41+,42-,43+,44-,45-/m0/s1. The number of carbonyl (C=O) groups excluding carboxylic acids is 1. The third kappa shape index (κ3) is 4.94. The minimum atomic E-state index is -1.55. The van der Waals surface area contributed by atoms with Crippen molar-refractivity contribution in [2.75, 3.05) is 6.54 Å². The van der Waals surface area contributed by atoms with E-state index in [4.69, 9.17) is 10.5 Å². The van der Waals surface area contributed by atoms with E-state index in [0.717, 1.165) is 50.1 Å². The first kappa shape index (κ1) is 38.1. The van der Waals surface area contributed by atoms with Crippen LogP contribution in [0.15, 0.2) is 36.0 Å². The molecule has 3 unspecified atom stereocenters. The molecule has 4 saturated carbocycles. The Kier molecular flexibility index (Phi) is 9.02. The third-order valence-electron chi connectivity index (χ3n) is 18.6. The summed E-state index contributed by atoms with van der Waals surface area (Å²) in [6.45, 7) is 9.21. The van der Waals surface area contributed by atoms with Crippen LogP contribution in [0.3, 0.4) is 0 Å². The molecule has 10 aliphatic rings. The van der Waals surface area contributed by atoms with E-state index in [1.165, 1.54) is 19.3 Å². The van der Waals surface area contributed by atoms with Gasteiger partial charge in [-0.1, -0.05) is 64.3 Å². The highest BCUT2D eigenvalue weighted by Gasteiger charge is 2.78. The largest absolute Gasteiger partial charge is 0.390 e. The second kappa shape index (κ2) is 12.8. The molecule has 2 saturated heterocycles. The van der Waals surface area contributed by atoms with Crippen LogP contribution in [0, 0.1) is 63.1 Å². The predicted molar refractivity (Wildman–Crippen MR) is 204 cm³/mol. The molecule has 300 valence electrons. The van der Waals surface area contributed by atoms with Crippen LogP contribution >= 0.6 is 0 Å². The molecule has 10 rings (SSSR count). The Hall–Kier alpha value is -1.43. The summed E-state index contributed by atoms with van der Waals surface area (Å²) in [5.74, 6) is 0.410. The van der Waals surface area contributed by atoms with Crippen LogP contribution < -0.4 is 11.1 Å². The maximum absolute atomic E-state index is 14.6. The summed E-state index contributed by atoms with van der Waals surface area (Å²) >= 11 is 0. The maximum atomic E-state index is 14.6. The average molecular weight is 750 g/mol. The van der Waals surface area contributed by atoms with E-state index >= 15 is 0 Å². The lowest BCUT2D eigenvalue weighted by Crippen LogP contribution is -2.95. The van der Waals surface area contributed by atoms with E-state index in [2.05, 4.69) is 50.4 Å². The highest BCUT2D eigenvalue weighted by molar-refractivity contribution is 5.96. The molecule has 54 heavy (non-hydrogen) atoms. The van der Waals surface area contributed by atoms with Gasteiger partial charge in [0.2, 0.25) is 0 Å². The smallest absolute Gasteiger partial charge is 0.159 e. The molecule has 6 fully saturated rings. The molecule has 2 heterocycles. The van der Waals surface area contributed by atoms with Gasteiger partial charge >= 0.3 is 0 Å². The fourth-order valence-electron chi connectivity index (χ4n) is 15.8. The Labute approximate surface area is 322 Å². The zero-order valence-electron chi connectivity index (χ0n) is 33.2. The summed E-state index contributed by atoms with van der Waals surface area (Å²) in [5, 5.41) is 63.4. The number of aliphatic hydroxyl groups is 5. The van der Waals surface area contributed by atoms with Gasteiger partial charge in [-0.25, -0.2) is 0 Å². The van der Waals surface area contributed by atoms with Crippen molar-refractivity contribution in [1.29, 1.82) is 0 Å². The summed E-state index contributed by atoms with van der Waals surface area (Å²) in [7, 11) is 0. The van der Waals surface area contributed by atoms with Crippen LogP contribution in [0.4, 0.5) is 0 Å². The zero-order chi connectivity index (χ0) is 38.2. The summed E-state index contributed by atoms with van der Waals surface area (Å²) in [6.07, 6.45) is 19.3. The van der Waals surface area contributed by atoms with Crippen LogP contribution in [-0.4, -0.2) is 85.7 Å². The Bertz CT molecular complexity index is 1600. The number of quaternary nitrogens is 1. The molecule has 0 aromatic heterocycles. The van der Waals surface area contributed by atoms with Crippen molar-refractivity contribution in [3.8, 4) is 0 Å². The van der Waals surface area contributed by atoms with Crippen molar-refractivity contribution in [3.63, 3.8) is 0 Å². The van der Waals surface area contributed by atoms with Crippen LogP contribution in [0.5, 0.6) is 0 Å². The van der Waals surface area contributed by atoms with E-state index in [9.17, 15) is 30.3 Å². The van der Waals surface area contributed by atoms with E-state index in [1.54, 1.807) is 13.0 Å². The topological polar surface area (TPSA) is 170 Å². The lowest BCUT2D eigenvalue weighted by Gasteiger charge is -2.70. The molecular weight excluding hydrogens is 681 g/mol. The van der Waals surface area contributed by atoms with Crippen molar-refractivity contribution in [2.24, 2.45) is 68.8 Å². The molecule has 0 aromatic rings. The van der Waals surface area contributed by atoms with Gasteiger partial charge in [-0.15, -0.1) is 0 Å². The molecule has 0 amide bonds. The van der Waals surface area contributed by atoms with Gasteiger partial charge in [-0.3, -0.25) is 10.5 Å². The van der Waals surface area contributed by atoms with Gasteiger partial charge in [0.25, 0.3) is 0 Å². The van der Waals surface area contributed by atoms with Gasteiger partial charge in [0, 0.05) is 34.5 Å². The fourth-order valence-corrected chi connectivity index (χ4v) is 15.8. The first-order valence-corrected chi connectivity index (χ1v) is 22.0. The molecule has 9 N–H and O–H groups in total. The van der Waals surface area contributed by atoms with Crippen molar-refractivity contribution in [1.82, 2.24) is 0 Å². The number of fused-ring (bicyclic) bond motifs is 3. The number of ether oxygens (including phenoxy) is 1. The fraction of sp³-hybridized carbons (Fsp3) is 0.844. The number of rotatable bonds is 6. The molecule has 0 radical (unpaired) electrons. The molecule has 8 aliphatic carbocycles. The van der Waals surface area contributed by atoms with Crippen LogP contribution in [0.25, 0.3) is 0 Å². The molecule has 19 atom stereocenters. The minimum absolute atomic E-state index is 0.0607. The number of piperidine rings is 1. The van der Waals surface area contributed by atoms with Crippen LogP contribution in [-0.2, 0) is 9.53 Å². The van der Waals surface area contributed by atoms with Crippen LogP contribution in [0.1, 0.15) is 118 Å². The number of hydrogen-bond donors (Lipinski definition) is 7. The molecule has 0 aromatic carbocycles. The Morgan fingerprint density at radius 1 is 1.06 bits per heavy atom. The number of ketones is 1. The molecule has 2 bridgehead atoms. The number of nitrogens with two attached hydrogens (primary N) is 2. The summed E-state index contributed by atoms with van der Waals surface area (Å²) < 4.78 is 6.76. The molecule has 9 heteroatoms. The SMILES string of the molecule is CCC[C@H]1CC[C@@H]2[C@H](C)[C@H]([C@@H](O)[C@](C)(O)[C@@H]3CC[C@]4(O)C5=CC(=O)[C@@H]6C[C@@H](O)[C@@H](O)C[C@@]67C[C@]6(C8CCC(N)[NH2+]C8)C=CC(C[C@]34C)[C@@]57C=C6)O[C@@H]2CC1. The highest BCUT2D eigenvalue weighted by atomic mass is 16.5. The average Bonchev–Trinajstić information content (AvgIpc) is 3.36. The summed E-state index contributed by atoms with van der Waals surface area (Å²) in [6, 6.07) is 0. The van der Waals surface area contributed by atoms with E-state index in [1.807, 2.05) is 0 Å². The minimum Gasteiger partial charge on any atom is -0.390 e. The van der Waals surface area contributed by atoms with Gasteiger partial charge in [0.15, 0.2) is 5.78 Å². The van der Waals surface area contributed by atoms with Crippen molar-refractivity contribution in [3.05, 3.63) is 36.0 Å². The first-order chi connectivity index (χ1) is 25.6. The van der Waals surface area contributed by atoms with E-state index < -0.39 is 63.7 Å². The number of allylic oxidation sites excluding steroid dienone is 5. The predicted octanol–water partition coefficient (Wildman–Crippen LogP) is 3.66. The van der Waals surface area contributed by atoms with Gasteiger partial charge in [0.05, 0.1) is 42.2 Å². The molecule has 9 nitrogen and oxygen atoms in total. The molecular formula is C45H69N2O7+. The highest BCUT2D eigenvalue weighted by Crippen LogP contribution is 2.79. The lowest BCUT2D eigenvalue weighted by atomic mass is 9.33. The van der Waals surface area contributed by atoms with Gasteiger partial charge in [-0.05, 0) is 118 Å². The second-order valence-corrected chi connectivity index (χ2v) is 20.8. The Morgan fingerprint density at radius 3 is 2.57 bits per heavy atom. The number of hydrogen-bond acceptors (Lipinski definition) is 8. The molecule has 2 aliphatic heterocycles. The molecule has 2 spiro atoms. The first-order valence-electron chi connectivity index (χ1n) is 22.0. The second-order valence-electron chi connectivity index (χ2n) is 20.8. The maximum Gasteiger partial charge on any atom is 0.159 e. The zero-order valence-corrected chi connectivity index (χ0v) is 33.2. The van der Waals surface area contributed by atoms with Crippen LogP contribution in [0.2, 0.25) is 0 Å². The van der Waals surface area contributed by atoms with Gasteiger partial charge in [-0.2, -0.15) is 0 Å². The van der Waals surface area contributed by atoms with E-state index in [0.29, 0.717) is 43.9 Å². The Morgan fingerprint density at radius 2 is 1.83 bits per heavy atom. The quantitative estimate of drug-likeness (QED) is 0.202. The summed E-state index contributed by atoms with van der Waals surface area (Å²) in [4.78, 5) is 14.6. The summed E-state index contributed by atoms with van der Waals surface area (Å²) in [5.41, 5.74) is 1.50. The number of carbonyl (C=O) groups is 1. The normalized spacial score (nSPS) is 55.1. The van der Waals surface area contributed by atoms with Crippen molar-refractivity contribution >= 4 is 5.78 Å². The third-order valence-corrected chi connectivity index (χ3v) is 18.6. The lowest BCUT2D eigenvalue weighted by molar-refractivity contribution is -0.704. The van der Waals surface area contributed by atoms with Crippen molar-refractivity contribution in [2.45, 2.75) is 165 Å². The van der Waals surface area contributed by atoms with Gasteiger partial charge < -0.3 is 35.6 Å². The van der Waals surface area contributed by atoms with Crippen molar-refractivity contribution < 1.29 is 40.4 Å². The van der Waals surface area contributed by atoms with E-state index in [-0.39, 0.29) is 41.7 Å². The Balaban J connectivity index is 1.09. The van der Waals surface area contributed by atoms with Gasteiger partial charge in [0.1, 0.15) is 12.3 Å². The number of aliphatic hydroxyl groups excluding tert-OH is 3.